The van der Waals surface area contributed by atoms with Gasteiger partial charge in [0.05, 0.1) is 6.54 Å². The van der Waals surface area contributed by atoms with Crippen molar-refractivity contribution in [3.05, 3.63) is 29.8 Å². The predicted molar refractivity (Wildman–Crippen MR) is 92.5 cm³/mol. The second kappa shape index (κ2) is 8.11. The number of carbonyl (C=O) groups is 2. The number of anilines is 1. The number of carbonyl (C=O) groups excluding carboxylic acids is 2. The molecule has 2 amide bonds. The van der Waals surface area contributed by atoms with Crippen LogP contribution in [0.2, 0.25) is 0 Å². The summed E-state index contributed by atoms with van der Waals surface area (Å²) in [6.45, 7) is 8.10. The Labute approximate surface area is 138 Å². The molecule has 5 nitrogen and oxygen atoms in total. The first kappa shape index (κ1) is 17.5. The molecule has 126 valence electrons. The van der Waals surface area contributed by atoms with Crippen LogP contribution in [0, 0.1) is 5.92 Å². The van der Waals surface area contributed by atoms with Crippen LogP contribution >= 0.6 is 0 Å². The van der Waals surface area contributed by atoms with Gasteiger partial charge in [-0.1, -0.05) is 26.8 Å². The average molecular weight is 317 g/mol. The van der Waals surface area contributed by atoms with Crippen molar-refractivity contribution in [3.63, 3.8) is 0 Å². The molecule has 2 N–H and O–H groups in total. The molecule has 1 aliphatic heterocycles. The Morgan fingerprint density at radius 2 is 1.96 bits per heavy atom. The molecular weight excluding hydrogens is 290 g/mol. The maximum absolute atomic E-state index is 12.6. The second-order valence-corrected chi connectivity index (χ2v) is 6.64. The van der Waals surface area contributed by atoms with E-state index in [2.05, 4.69) is 17.6 Å². The van der Waals surface area contributed by atoms with Gasteiger partial charge in [0.2, 0.25) is 5.91 Å². The molecule has 1 aliphatic rings. The van der Waals surface area contributed by atoms with Crippen LogP contribution in [0.25, 0.3) is 0 Å². The lowest BCUT2D eigenvalue weighted by molar-refractivity contribution is -0.115. The number of nitrogens with zero attached hydrogens (tertiary/aromatic N) is 1. The lowest BCUT2D eigenvalue weighted by Crippen LogP contribution is -2.38. The zero-order chi connectivity index (χ0) is 16.8. The molecule has 5 heteroatoms. The van der Waals surface area contributed by atoms with E-state index < -0.39 is 0 Å². The predicted octanol–water partition coefficient (Wildman–Crippen LogP) is 2.50. The summed E-state index contributed by atoms with van der Waals surface area (Å²) in [7, 11) is 0. The summed E-state index contributed by atoms with van der Waals surface area (Å²) in [6.07, 6.45) is 2.12. The smallest absolute Gasteiger partial charge is 0.253 e. The molecule has 0 aromatic heterocycles. The number of piperidine rings is 1. The summed E-state index contributed by atoms with van der Waals surface area (Å²) in [6, 6.07) is 7.44. The number of nitrogens with one attached hydrogen (secondary N) is 2. The molecule has 1 saturated heterocycles. The first-order chi connectivity index (χ1) is 11.0. The highest BCUT2D eigenvalue weighted by Crippen LogP contribution is 2.19. The largest absolute Gasteiger partial charge is 0.339 e. The van der Waals surface area contributed by atoms with Gasteiger partial charge in [0.25, 0.3) is 5.91 Å². The van der Waals surface area contributed by atoms with Crippen LogP contribution in [0.4, 0.5) is 5.69 Å². The quantitative estimate of drug-likeness (QED) is 0.877. The van der Waals surface area contributed by atoms with Crippen LogP contribution in [0.3, 0.4) is 0 Å². The lowest BCUT2D eigenvalue weighted by atomic mass is 9.98. The first-order valence-electron chi connectivity index (χ1n) is 8.38. The number of amides is 2. The van der Waals surface area contributed by atoms with Gasteiger partial charge >= 0.3 is 0 Å². The van der Waals surface area contributed by atoms with Crippen LogP contribution < -0.4 is 10.6 Å². The third-order valence-electron chi connectivity index (χ3n) is 4.13. The van der Waals surface area contributed by atoms with Gasteiger partial charge in [0.15, 0.2) is 0 Å². The maximum atomic E-state index is 12.6. The van der Waals surface area contributed by atoms with Crippen molar-refractivity contribution in [3.8, 4) is 0 Å². The molecule has 1 heterocycles. The number of benzene rings is 1. The van der Waals surface area contributed by atoms with Gasteiger partial charge in [0, 0.05) is 30.4 Å². The summed E-state index contributed by atoms with van der Waals surface area (Å²) < 4.78 is 0. The number of rotatable bonds is 5. The molecule has 0 spiro atoms. The summed E-state index contributed by atoms with van der Waals surface area (Å²) in [5.74, 6) is 0.640. The van der Waals surface area contributed by atoms with Crippen LogP contribution in [-0.2, 0) is 4.79 Å². The van der Waals surface area contributed by atoms with Gasteiger partial charge in [-0.25, -0.2) is 0 Å². The maximum Gasteiger partial charge on any atom is 0.253 e. The van der Waals surface area contributed by atoms with Gasteiger partial charge in [-0.2, -0.15) is 0 Å². The molecule has 0 unspecified atom stereocenters. The lowest BCUT2D eigenvalue weighted by Gasteiger charge is -2.30. The Bertz CT molecular complexity index is 549. The molecule has 23 heavy (non-hydrogen) atoms. The molecule has 0 atom stereocenters. The minimum Gasteiger partial charge on any atom is -0.339 e. The minimum atomic E-state index is -0.102. The van der Waals surface area contributed by atoms with Gasteiger partial charge < -0.3 is 15.5 Å². The Morgan fingerprint density at radius 3 is 2.61 bits per heavy atom. The van der Waals surface area contributed by atoms with Crippen molar-refractivity contribution < 1.29 is 9.59 Å². The van der Waals surface area contributed by atoms with Crippen LogP contribution in [0.5, 0.6) is 0 Å². The van der Waals surface area contributed by atoms with Crippen LogP contribution in [-0.4, -0.2) is 42.4 Å². The zero-order valence-corrected chi connectivity index (χ0v) is 14.3. The van der Waals surface area contributed by atoms with Crippen LogP contribution in [0.1, 0.15) is 44.0 Å². The molecule has 0 radical (unpaired) electrons. The van der Waals surface area contributed by atoms with Gasteiger partial charge in [0.1, 0.15) is 0 Å². The van der Waals surface area contributed by atoms with E-state index in [1.807, 2.05) is 36.9 Å². The van der Waals surface area contributed by atoms with E-state index in [-0.39, 0.29) is 24.4 Å². The highest BCUT2D eigenvalue weighted by Gasteiger charge is 2.21. The molecule has 1 aromatic carbocycles. The molecule has 1 fully saturated rings. The van der Waals surface area contributed by atoms with E-state index in [4.69, 9.17) is 0 Å². The van der Waals surface area contributed by atoms with Crippen LogP contribution in [0.15, 0.2) is 24.3 Å². The van der Waals surface area contributed by atoms with Crippen molar-refractivity contribution in [2.75, 3.05) is 25.0 Å². The summed E-state index contributed by atoms with van der Waals surface area (Å²) in [5.41, 5.74) is 1.30. The second-order valence-electron chi connectivity index (χ2n) is 6.64. The highest BCUT2D eigenvalue weighted by molar-refractivity contribution is 5.97. The molecule has 0 saturated carbocycles. The van der Waals surface area contributed by atoms with Crippen molar-refractivity contribution in [1.82, 2.24) is 10.2 Å². The van der Waals surface area contributed by atoms with Gasteiger partial charge in [-0.15, -0.1) is 0 Å². The van der Waals surface area contributed by atoms with Crippen molar-refractivity contribution in [2.45, 2.75) is 39.7 Å². The molecule has 2 rings (SSSR count). The van der Waals surface area contributed by atoms with Gasteiger partial charge in [-0.05, 0) is 37.0 Å². The summed E-state index contributed by atoms with van der Waals surface area (Å²) in [4.78, 5) is 26.3. The van der Waals surface area contributed by atoms with Gasteiger partial charge in [-0.3, -0.25) is 9.59 Å². The number of hydrogen-bond donors (Lipinski definition) is 2. The van der Waals surface area contributed by atoms with Crippen molar-refractivity contribution >= 4 is 17.5 Å². The van der Waals surface area contributed by atoms with Crippen molar-refractivity contribution in [2.24, 2.45) is 5.92 Å². The van der Waals surface area contributed by atoms with E-state index >= 15 is 0 Å². The fourth-order valence-electron chi connectivity index (χ4n) is 2.63. The molecular formula is C18H27N3O2. The summed E-state index contributed by atoms with van der Waals surface area (Å²) >= 11 is 0. The fourth-order valence-corrected chi connectivity index (χ4v) is 2.63. The van der Waals surface area contributed by atoms with E-state index in [0.29, 0.717) is 17.2 Å². The number of hydrogen-bond acceptors (Lipinski definition) is 3. The minimum absolute atomic E-state index is 0.0494. The first-order valence-corrected chi connectivity index (χ1v) is 8.38. The van der Waals surface area contributed by atoms with E-state index in [9.17, 15) is 9.59 Å². The average Bonchev–Trinajstić information content (AvgIpc) is 2.53. The molecule has 0 bridgehead atoms. The Hall–Kier alpha value is -1.88. The highest BCUT2D eigenvalue weighted by atomic mass is 16.2. The SMILES string of the molecule is CC1CCN(C(=O)c2cccc(NC(=O)CNC(C)C)c2)CC1. The third kappa shape index (κ3) is 5.36. The van der Waals surface area contributed by atoms with E-state index in [0.717, 1.165) is 25.9 Å². The van der Waals surface area contributed by atoms with Crippen molar-refractivity contribution in [1.29, 1.82) is 0 Å². The fraction of sp³-hybridized carbons (Fsp3) is 0.556. The Kier molecular flexibility index (Phi) is 6.16. The molecule has 1 aromatic rings. The monoisotopic (exact) mass is 317 g/mol. The Morgan fingerprint density at radius 1 is 1.26 bits per heavy atom. The third-order valence-corrected chi connectivity index (χ3v) is 4.13. The standard InChI is InChI=1S/C18H27N3O2/c1-13(2)19-12-17(22)20-16-6-4-5-15(11-16)18(23)21-9-7-14(3)8-10-21/h4-6,11,13-14,19H,7-10,12H2,1-3H3,(H,20,22). The normalized spacial score (nSPS) is 15.7. The van der Waals surface area contributed by atoms with E-state index in [1.165, 1.54) is 0 Å². The number of likely N-dealkylation sites (tertiary alicyclic amines) is 1. The Balaban J connectivity index is 1.96. The topological polar surface area (TPSA) is 61.4 Å². The van der Waals surface area contributed by atoms with E-state index in [1.54, 1.807) is 6.07 Å². The summed E-state index contributed by atoms with van der Waals surface area (Å²) in [5, 5.41) is 5.90. The molecule has 0 aliphatic carbocycles. The zero-order valence-electron chi connectivity index (χ0n) is 14.3.